The Morgan fingerprint density at radius 1 is 0.885 bits per heavy atom. The van der Waals surface area contributed by atoms with Crippen LogP contribution in [-0.4, -0.2) is 60.2 Å². The molecule has 270 valence electrons. The molecule has 2 heterocycles. The number of amides is 2. The maximum Gasteiger partial charge on any atom is 0.274 e. The van der Waals surface area contributed by atoms with Crippen LogP contribution in [-0.2, 0) is 13.0 Å². The number of carbonyl (C=O) groups is 2. The van der Waals surface area contributed by atoms with E-state index in [4.69, 9.17) is 9.84 Å². The normalized spacial score (nSPS) is 14.0. The molecule has 1 aromatic heterocycles. The van der Waals surface area contributed by atoms with E-state index in [1.165, 1.54) is 16.3 Å². The van der Waals surface area contributed by atoms with Gasteiger partial charge >= 0.3 is 0 Å². The lowest BCUT2D eigenvalue weighted by atomic mass is 9.94. The third kappa shape index (κ3) is 8.48. The number of nitrogens with zero attached hydrogens (tertiary/aromatic N) is 4. The summed E-state index contributed by atoms with van der Waals surface area (Å²) in [4.78, 5) is 35.9. The quantitative estimate of drug-likeness (QED) is 0.119. The van der Waals surface area contributed by atoms with E-state index >= 15 is 0 Å². The molecule has 1 aliphatic rings. The van der Waals surface area contributed by atoms with Crippen molar-refractivity contribution in [3.63, 3.8) is 0 Å². The molecule has 0 spiro atoms. The molecule has 4 aromatic carbocycles. The van der Waals surface area contributed by atoms with Crippen LogP contribution in [0.2, 0.25) is 0 Å². The molecule has 0 bridgehead atoms. The van der Waals surface area contributed by atoms with Crippen LogP contribution in [0.1, 0.15) is 89.7 Å². The van der Waals surface area contributed by atoms with Gasteiger partial charge in [-0.2, -0.15) is 5.10 Å². The highest BCUT2D eigenvalue weighted by atomic mass is 28.2. The molecule has 0 saturated carbocycles. The predicted octanol–water partition coefficient (Wildman–Crippen LogP) is 7.73. The Hall–Kier alpha value is -5.15. The fourth-order valence-electron chi connectivity index (χ4n) is 6.78. The topological polar surface area (TPSA) is 79.7 Å². The number of benzene rings is 4. The first-order valence-electron chi connectivity index (χ1n) is 18.7. The molecule has 1 unspecified atom stereocenters. The molecular formula is C43H51N5O3Si. The summed E-state index contributed by atoms with van der Waals surface area (Å²) in [6.45, 7) is 12.4. The predicted molar refractivity (Wildman–Crippen MR) is 213 cm³/mol. The molecule has 6 rings (SSSR count). The van der Waals surface area contributed by atoms with Gasteiger partial charge in [0.05, 0.1) is 11.3 Å². The summed E-state index contributed by atoms with van der Waals surface area (Å²) in [6.07, 6.45) is 4.74. The van der Waals surface area contributed by atoms with Crippen molar-refractivity contribution < 1.29 is 14.3 Å². The van der Waals surface area contributed by atoms with Crippen molar-refractivity contribution in [3.05, 3.63) is 131 Å². The number of aromatic nitrogens is 2. The van der Waals surface area contributed by atoms with Crippen LogP contribution in [0.5, 0.6) is 11.5 Å². The van der Waals surface area contributed by atoms with Gasteiger partial charge in [0.2, 0.25) is 0 Å². The van der Waals surface area contributed by atoms with E-state index < -0.39 is 9.68 Å². The Morgan fingerprint density at radius 2 is 1.58 bits per heavy atom. The number of rotatable bonds is 14. The maximum atomic E-state index is 14.6. The molecule has 0 radical (unpaired) electrons. The van der Waals surface area contributed by atoms with Crippen molar-refractivity contribution in [2.24, 2.45) is 0 Å². The van der Waals surface area contributed by atoms with Gasteiger partial charge in [0, 0.05) is 37.1 Å². The number of anilines is 1. The van der Waals surface area contributed by atoms with E-state index in [0.29, 0.717) is 36.6 Å². The van der Waals surface area contributed by atoms with Gasteiger partial charge in [0.15, 0.2) is 15.4 Å². The van der Waals surface area contributed by atoms with Gasteiger partial charge in [-0.15, -0.1) is 0 Å². The highest BCUT2D eigenvalue weighted by Gasteiger charge is 2.30. The molecule has 2 amide bonds. The zero-order valence-electron chi connectivity index (χ0n) is 31.2. The fourth-order valence-corrected chi connectivity index (χ4v) is 7.88. The van der Waals surface area contributed by atoms with Crippen LogP contribution >= 0.6 is 0 Å². The van der Waals surface area contributed by atoms with Crippen LogP contribution in [0, 0.1) is 13.8 Å². The lowest BCUT2D eigenvalue weighted by Crippen LogP contribution is -2.43. The van der Waals surface area contributed by atoms with Crippen molar-refractivity contribution in [2.45, 2.75) is 79.3 Å². The number of para-hydroxylation sites is 1. The first-order chi connectivity index (χ1) is 25.2. The lowest BCUT2D eigenvalue weighted by molar-refractivity contribution is 0.0658. The molecule has 1 aliphatic heterocycles. The summed E-state index contributed by atoms with van der Waals surface area (Å²) in [5, 5.41) is 6.08. The van der Waals surface area contributed by atoms with Gasteiger partial charge in [-0.25, -0.2) is 4.68 Å². The first-order valence-corrected chi connectivity index (χ1v) is 20.1. The molecule has 0 saturated heterocycles. The molecule has 5 aromatic rings. The van der Waals surface area contributed by atoms with E-state index in [0.717, 1.165) is 60.5 Å². The highest BCUT2D eigenvalue weighted by molar-refractivity contribution is 6.56. The summed E-state index contributed by atoms with van der Waals surface area (Å²) < 4.78 is 7.88. The van der Waals surface area contributed by atoms with Crippen molar-refractivity contribution in [3.8, 4) is 17.2 Å². The first kappa shape index (κ1) is 36.6. The van der Waals surface area contributed by atoms with Crippen LogP contribution in [0.25, 0.3) is 5.69 Å². The minimum absolute atomic E-state index is 0.0307. The molecule has 0 fully saturated rings. The van der Waals surface area contributed by atoms with E-state index in [2.05, 4.69) is 56.1 Å². The largest absolute Gasteiger partial charge is 0.457 e. The number of hydrogen-bond acceptors (Lipinski definition) is 5. The number of carbonyl (C=O) groups excluding carboxylic acids is 2. The number of unbranched alkanes of at least 4 members (excludes halogenated alkanes) is 2. The summed E-state index contributed by atoms with van der Waals surface area (Å²) in [5.74, 6) is 1.55. The van der Waals surface area contributed by atoms with E-state index in [1.54, 1.807) is 4.68 Å². The molecule has 1 N–H and O–H groups in total. The minimum Gasteiger partial charge on any atom is -0.457 e. The third-order valence-corrected chi connectivity index (χ3v) is 11.4. The average molecular weight is 714 g/mol. The van der Waals surface area contributed by atoms with Gasteiger partial charge in [-0.1, -0.05) is 81.3 Å². The van der Waals surface area contributed by atoms with Gasteiger partial charge < -0.3 is 19.5 Å². The monoisotopic (exact) mass is 713 g/mol. The molecule has 9 heteroatoms. The van der Waals surface area contributed by atoms with Crippen molar-refractivity contribution in [1.29, 1.82) is 0 Å². The number of fused-ring (bicyclic) bond motifs is 1. The van der Waals surface area contributed by atoms with Gasteiger partial charge in [0.1, 0.15) is 11.5 Å². The number of aryl methyl sites for hydroxylation is 2. The Bertz CT molecular complexity index is 2000. The highest BCUT2D eigenvalue weighted by Crippen LogP contribution is 2.29. The Morgan fingerprint density at radius 3 is 2.29 bits per heavy atom. The summed E-state index contributed by atoms with van der Waals surface area (Å²) >= 11 is 0. The molecular weight excluding hydrogens is 663 g/mol. The zero-order valence-corrected chi connectivity index (χ0v) is 32.6. The van der Waals surface area contributed by atoms with Crippen LogP contribution < -0.4 is 14.9 Å². The lowest BCUT2D eigenvalue weighted by Gasteiger charge is -2.35. The second-order valence-electron chi connectivity index (χ2n) is 13.9. The number of nitrogens with one attached hydrogen (secondary N) is 1. The molecule has 1 atom stereocenters. The van der Waals surface area contributed by atoms with Crippen molar-refractivity contribution in [2.75, 3.05) is 18.1 Å². The smallest absolute Gasteiger partial charge is 0.274 e. The second kappa shape index (κ2) is 16.9. The SMILES string of the molecule is CCCCN(CCCC)C(=O)c1cc(C)n(-c2ccc(N[SiH2]c3ccc(Oc4ccccc4C)cc3)cc2C(=O)N2Cc3ccccc3CC2C)n1. The summed E-state index contributed by atoms with van der Waals surface area (Å²) in [7, 11) is -0.933. The van der Waals surface area contributed by atoms with Crippen LogP contribution in [0.3, 0.4) is 0 Å². The fraction of sp³-hybridized carbons (Fsp3) is 0.326. The van der Waals surface area contributed by atoms with E-state index in [-0.39, 0.29) is 17.9 Å². The van der Waals surface area contributed by atoms with E-state index in [9.17, 15) is 9.59 Å². The van der Waals surface area contributed by atoms with Crippen molar-refractivity contribution >= 4 is 32.4 Å². The Balaban J connectivity index is 1.28. The van der Waals surface area contributed by atoms with Gasteiger partial charge in [0.25, 0.3) is 11.8 Å². The minimum atomic E-state index is -0.933. The second-order valence-corrected chi connectivity index (χ2v) is 15.5. The van der Waals surface area contributed by atoms with Crippen LogP contribution in [0.15, 0.2) is 97.1 Å². The van der Waals surface area contributed by atoms with Crippen molar-refractivity contribution in [1.82, 2.24) is 19.6 Å². The molecule has 52 heavy (non-hydrogen) atoms. The van der Waals surface area contributed by atoms with E-state index in [1.807, 2.05) is 90.4 Å². The number of ether oxygens (including phenoxy) is 1. The molecule has 8 nitrogen and oxygen atoms in total. The van der Waals surface area contributed by atoms with Gasteiger partial charge in [-0.05, 0) is 104 Å². The third-order valence-electron chi connectivity index (χ3n) is 9.92. The Labute approximate surface area is 310 Å². The zero-order chi connectivity index (χ0) is 36.6. The Kier molecular flexibility index (Phi) is 11.9. The summed E-state index contributed by atoms with van der Waals surface area (Å²) in [5.41, 5.74) is 6.89. The van der Waals surface area contributed by atoms with Gasteiger partial charge in [-0.3, -0.25) is 9.59 Å². The molecule has 0 aliphatic carbocycles. The number of hydrogen-bond donors (Lipinski definition) is 1. The summed E-state index contributed by atoms with van der Waals surface area (Å²) in [6, 6.07) is 32.4. The average Bonchev–Trinajstić information content (AvgIpc) is 3.55. The standard InChI is InChI=1S/C43H51N5O3Si/c1-6-8-24-46(25-9-7-2)43(50)39-27-32(5)48(44-39)40-23-18-35(28-38(40)42(49)47-29-34-16-12-11-15-33(34)26-31(47)4)45-52-37-21-19-36(20-22-37)51-41-17-13-10-14-30(41)3/h10-23,27-28,31,45H,6-9,24-26,29,52H2,1-5H3. The van der Waals surface area contributed by atoms with Crippen LogP contribution in [0.4, 0.5) is 5.69 Å². The maximum absolute atomic E-state index is 14.6.